The molecule has 162 valence electrons. The van der Waals surface area contributed by atoms with Crippen LogP contribution in [0.4, 0.5) is 0 Å². The first-order valence-corrected chi connectivity index (χ1v) is 9.70. The summed E-state index contributed by atoms with van der Waals surface area (Å²) < 4.78 is 5.12. The summed E-state index contributed by atoms with van der Waals surface area (Å²) in [5.41, 5.74) is 1.05. The molecule has 0 aliphatic heterocycles. The van der Waals surface area contributed by atoms with Crippen molar-refractivity contribution in [1.29, 1.82) is 10.8 Å². The van der Waals surface area contributed by atoms with Crippen molar-refractivity contribution in [2.75, 3.05) is 13.7 Å². The molecule has 0 heterocycles. The molecule has 1 rings (SSSR count). The van der Waals surface area contributed by atoms with E-state index in [1.807, 2.05) is 24.3 Å². The minimum absolute atomic E-state index is 0. The predicted molar refractivity (Wildman–Crippen MR) is 124 cm³/mol. The molecule has 0 saturated heterocycles. The Morgan fingerprint density at radius 3 is 1.93 bits per heavy atom. The van der Waals surface area contributed by atoms with Gasteiger partial charge in [0, 0.05) is 13.1 Å². The fourth-order valence-electron chi connectivity index (χ4n) is 2.62. The molecular formula is C20H37Cl2N5O. The zero-order valence-corrected chi connectivity index (χ0v) is 18.7. The summed E-state index contributed by atoms with van der Waals surface area (Å²) in [6, 6.07) is 7.68. The quantitative estimate of drug-likeness (QED) is 0.185. The van der Waals surface area contributed by atoms with E-state index in [1.54, 1.807) is 7.11 Å². The largest absolute Gasteiger partial charge is 0.497 e. The zero-order chi connectivity index (χ0) is 19.0. The number of rotatable bonds is 12. The molecule has 8 heteroatoms. The number of unbranched alkanes of at least 4 members (excludes halogenated alkanes) is 7. The van der Waals surface area contributed by atoms with Crippen molar-refractivity contribution in [2.45, 2.75) is 64.8 Å². The van der Waals surface area contributed by atoms with E-state index in [4.69, 9.17) is 15.6 Å². The Bertz CT molecular complexity index is 526. The summed E-state index contributed by atoms with van der Waals surface area (Å²) in [7, 11) is 1.64. The lowest BCUT2D eigenvalue weighted by Gasteiger charge is -2.13. The number of hydrogen-bond acceptors (Lipinski definition) is 3. The predicted octanol–water partition coefficient (Wildman–Crippen LogP) is 4.82. The molecule has 0 atom stereocenters. The average Bonchev–Trinajstić information content (AvgIpc) is 2.65. The number of methoxy groups -OCH3 is 1. The van der Waals surface area contributed by atoms with Gasteiger partial charge in [-0.2, -0.15) is 0 Å². The standard InChI is InChI=1S/C20H35N5O.2ClH/c1-3-4-5-6-7-8-9-10-15-23-19(21)25-20(22)24-16-17-11-13-18(26-2)14-12-17;;/h11-14H,3-10,15-16H2,1-2H3,(H5,21,22,23,24,25);2*1H. The van der Waals surface area contributed by atoms with Crippen molar-refractivity contribution in [1.82, 2.24) is 16.0 Å². The summed E-state index contributed by atoms with van der Waals surface area (Å²) in [5.74, 6) is 1.10. The fraction of sp³-hybridized carbons (Fsp3) is 0.600. The molecule has 0 unspecified atom stereocenters. The van der Waals surface area contributed by atoms with E-state index >= 15 is 0 Å². The van der Waals surface area contributed by atoms with Crippen molar-refractivity contribution in [2.24, 2.45) is 0 Å². The lowest BCUT2D eigenvalue weighted by atomic mass is 10.1. The van der Waals surface area contributed by atoms with E-state index in [2.05, 4.69) is 22.9 Å². The third kappa shape index (κ3) is 14.4. The zero-order valence-electron chi connectivity index (χ0n) is 17.1. The van der Waals surface area contributed by atoms with Gasteiger partial charge in [-0.3, -0.25) is 16.1 Å². The first kappa shape index (κ1) is 28.5. The summed E-state index contributed by atoms with van der Waals surface area (Å²) in [6.45, 7) is 3.54. The van der Waals surface area contributed by atoms with Crippen LogP contribution in [-0.2, 0) is 6.54 Å². The van der Waals surface area contributed by atoms with E-state index in [0.29, 0.717) is 6.54 Å². The maximum atomic E-state index is 7.85. The molecule has 5 N–H and O–H groups in total. The molecule has 0 amide bonds. The Labute approximate surface area is 182 Å². The SMILES string of the molecule is CCCCCCCCCCNC(=N)NC(=N)NCc1ccc(OC)cc1.Cl.Cl. The highest BCUT2D eigenvalue weighted by Crippen LogP contribution is 2.10. The van der Waals surface area contributed by atoms with Gasteiger partial charge in [0.15, 0.2) is 11.9 Å². The second-order valence-corrected chi connectivity index (χ2v) is 6.48. The smallest absolute Gasteiger partial charge is 0.195 e. The van der Waals surface area contributed by atoms with Crippen molar-refractivity contribution < 1.29 is 4.74 Å². The number of nitrogens with one attached hydrogen (secondary N) is 5. The van der Waals surface area contributed by atoms with Gasteiger partial charge in [-0.25, -0.2) is 0 Å². The molecule has 28 heavy (non-hydrogen) atoms. The number of hydrogen-bond donors (Lipinski definition) is 5. The molecule has 0 bridgehead atoms. The minimum Gasteiger partial charge on any atom is -0.497 e. The van der Waals surface area contributed by atoms with Crippen molar-refractivity contribution in [3.63, 3.8) is 0 Å². The van der Waals surface area contributed by atoms with Crippen LogP contribution in [0, 0.1) is 10.8 Å². The maximum absolute atomic E-state index is 7.85. The van der Waals surface area contributed by atoms with Crippen molar-refractivity contribution >= 4 is 36.7 Å². The van der Waals surface area contributed by atoms with Gasteiger partial charge in [-0.15, -0.1) is 24.8 Å². The molecular weight excluding hydrogens is 397 g/mol. The Morgan fingerprint density at radius 2 is 1.36 bits per heavy atom. The van der Waals surface area contributed by atoms with Crippen molar-refractivity contribution in [3.8, 4) is 5.75 Å². The second-order valence-electron chi connectivity index (χ2n) is 6.48. The molecule has 0 aromatic heterocycles. The number of benzene rings is 1. The molecule has 0 radical (unpaired) electrons. The highest BCUT2D eigenvalue weighted by atomic mass is 35.5. The third-order valence-electron chi connectivity index (χ3n) is 4.21. The van der Waals surface area contributed by atoms with E-state index in [0.717, 1.165) is 24.3 Å². The van der Waals surface area contributed by atoms with E-state index in [1.165, 1.54) is 44.9 Å². The van der Waals surface area contributed by atoms with Crippen LogP contribution < -0.4 is 20.7 Å². The van der Waals surface area contributed by atoms with E-state index in [9.17, 15) is 0 Å². The normalized spacial score (nSPS) is 9.50. The number of halogens is 2. The van der Waals surface area contributed by atoms with Crippen LogP contribution in [0.25, 0.3) is 0 Å². The third-order valence-corrected chi connectivity index (χ3v) is 4.21. The van der Waals surface area contributed by atoms with Crippen LogP contribution >= 0.6 is 24.8 Å². The summed E-state index contributed by atoms with van der Waals surface area (Å²) in [5, 5.41) is 24.4. The van der Waals surface area contributed by atoms with Crippen LogP contribution in [0.5, 0.6) is 5.75 Å². The first-order valence-electron chi connectivity index (χ1n) is 9.70. The average molecular weight is 434 g/mol. The molecule has 0 aliphatic rings. The van der Waals surface area contributed by atoms with Gasteiger partial charge in [0.05, 0.1) is 7.11 Å². The highest BCUT2D eigenvalue weighted by molar-refractivity contribution is 5.95. The highest BCUT2D eigenvalue weighted by Gasteiger charge is 2.01. The molecule has 6 nitrogen and oxygen atoms in total. The lowest BCUT2D eigenvalue weighted by Crippen LogP contribution is -2.45. The molecule has 0 aliphatic carbocycles. The molecule has 0 saturated carbocycles. The summed E-state index contributed by atoms with van der Waals surface area (Å²) in [4.78, 5) is 0. The number of ether oxygens (including phenoxy) is 1. The molecule has 1 aromatic carbocycles. The Hall–Kier alpha value is -1.66. The van der Waals surface area contributed by atoms with Gasteiger partial charge >= 0.3 is 0 Å². The van der Waals surface area contributed by atoms with Gasteiger partial charge in [0.2, 0.25) is 0 Å². The van der Waals surface area contributed by atoms with Crippen LogP contribution in [0.2, 0.25) is 0 Å². The van der Waals surface area contributed by atoms with Crippen LogP contribution in [0.3, 0.4) is 0 Å². The van der Waals surface area contributed by atoms with Gasteiger partial charge < -0.3 is 15.4 Å². The maximum Gasteiger partial charge on any atom is 0.195 e. The topological polar surface area (TPSA) is 93.0 Å². The minimum atomic E-state index is 0. The fourth-order valence-corrected chi connectivity index (χ4v) is 2.62. The molecule has 1 aromatic rings. The van der Waals surface area contributed by atoms with E-state index < -0.39 is 0 Å². The first-order chi connectivity index (χ1) is 12.7. The summed E-state index contributed by atoms with van der Waals surface area (Å²) in [6.07, 6.45) is 10.2. The van der Waals surface area contributed by atoms with Gasteiger partial charge in [-0.05, 0) is 24.1 Å². The van der Waals surface area contributed by atoms with Crippen LogP contribution in [-0.4, -0.2) is 25.6 Å². The molecule has 0 fully saturated rings. The number of guanidine groups is 2. The van der Waals surface area contributed by atoms with Gasteiger partial charge in [0.25, 0.3) is 0 Å². The molecule has 0 spiro atoms. The van der Waals surface area contributed by atoms with Crippen LogP contribution in [0.15, 0.2) is 24.3 Å². The van der Waals surface area contributed by atoms with Gasteiger partial charge in [-0.1, -0.05) is 64.0 Å². The van der Waals surface area contributed by atoms with Crippen molar-refractivity contribution in [3.05, 3.63) is 29.8 Å². The van der Waals surface area contributed by atoms with Crippen LogP contribution in [0.1, 0.15) is 63.9 Å². The Kier molecular flexibility index (Phi) is 19.1. The van der Waals surface area contributed by atoms with E-state index in [-0.39, 0.29) is 36.7 Å². The monoisotopic (exact) mass is 433 g/mol. The van der Waals surface area contributed by atoms with Gasteiger partial charge in [0.1, 0.15) is 5.75 Å². The second kappa shape index (κ2) is 18.7. The lowest BCUT2D eigenvalue weighted by molar-refractivity contribution is 0.414. The Balaban J connectivity index is 0. The summed E-state index contributed by atoms with van der Waals surface area (Å²) >= 11 is 0. The Morgan fingerprint density at radius 1 is 0.821 bits per heavy atom.